The smallest absolute Gasteiger partial charge is 0.409 e. The van der Waals surface area contributed by atoms with Gasteiger partial charge in [0.2, 0.25) is 65.0 Å². The van der Waals surface area contributed by atoms with Crippen LogP contribution in [0, 0.1) is 41.4 Å². The summed E-state index contributed by atoms with van der Waals surface area (Å²) < 4.78 is 5.91. The molecule has 25 nitrogen and oxygen atoms in total. The Labute approximate surface area is 518 Å². The molecule has 0 spiro atoms. The highest BCUT2D eigenvalue weighted by molar-refractivity contribution is 6.00. The molecular weight excluding hydrogens is 1120 g/mol. The lowest BCUT2D eigenvalue weighted by atomic mass is 9.92. The number of hydrogen-bond donors (Lipinski definition) is 4. The molecule has 12 amide bonds. The van der Waals surface area contributed by atoms with Crippen LogP contribution < -0.4 is 21.3 Å². The first-order valence-electron chi connectivity index (χ1n) is 31.1. The van der Waals surface area contributed by atoms with Crippen molar-refractivity contribution in [1.29, 1.82) is 0 Å². The summed E-state index contributed by atoms with van der Waals surface area (Å²) in [6, 6.07) is -13.7. The minimum atomic E-state index is -1.57. The van der Waals surface area contributed by atoms with Crippen LogP contribution in [0.2, 0.25) is 0 Å². The minimum absolute atomic E-state index is 0.000296. The van der Waals surface area contributed by atoms with Crippen molar-refractivity contribution in [2.75, 3.05) is 62.9 Å². The number of carbonyl (C=O) groups excluding carboxylic acids is 12. The molecule has 2 aliphatic heterocycles. The molecule has 0 unspecified atom stereocenters. The molecule has 4 N–H and O–H groups in total. The molecule has 2 heterocycles. The molecule has 2 saturated heterocycles. The maximum absolute atomic E-state index is 15.3. The van der Waals surface area contributed by atoms with Gasteiger partial charge in [-0.05, 0) is 88.4 Å². The van der Waals surface area contributed by atoms with E-state index in [0.717, 1.165) is 9.80 Å². The largest absolute Gasteiger partial charge is 0.443 e. The summed E-state index contributed by atoms with van der Waals surface area (Å²) in [4.78, 5) is 185. The summed E-state index contributed by atoms with van der Waals surface area (Å²) in [6.07, 6.45) is -1.44. The van der Waals surface area contributed by atoms with E-state index in [9.17, 15) is 38.4 Å². The Morgan fingerprint density at radius 2 is 0.828 bits per heavy atom. The van der Waals surface area contributed by atoms with Gasteiger partial charge < -0.3 is 65.2 Å². The molecule has 496 valence electrons. The van der Waals surface area contributed by atoms with E-state index in [4.69, 9.17) is 4.74 Å². The van der Waals surface area contributed by atoms with E-state index in [1.165, 1.54) is 107 Å². The van der Waals surface area contributed by atoms with E-state index in [0.29, 0.717) is 0 Å². The first kappa shape index (κ1) is 76.5. The predicted octanol–water partition coefficient (Wildman–Crippen LogP) is 2.78. The molecule has 0 aliphatic carbocycles. The zero-order valence-electron chi connectivity index (χ0n) is 57.1. The van der Waals surface area contributed by atoms with Gasteiger partial charge in [0.15, 0.2) is 0 Å². The zero-order chi connectivity index (χ0) is 67.3. The fourth-order valence-corrected chi connectivity index (χ4v) is 11.4. The average Bonchev–Trinajstić information content (AvgIpc) is 1.15. The second kappa shape index (κ2) is 33.1. The normalized spacial score (nSPS) is 29.3. The van der Waals surface area contributed by atoms with Gasteiger partial charge in [-0.1, -0.05) is 96.9 Å². The molecule has 25 heteroatoms. The lowest BCUT2D eigenvalue weighted by molar-refractivity contribution is -0.158. The van der Waals surface area contributed by atoms with Crippen LogP contribution in [0.5, 0.6) is 0 Å². The quantitative estimate of drug-likeness (QED) is 0.219. The van der Waals surface area contributed by atoms with Gasteiger partial charge >= 0.3 is 6.09 Å². The van der Waals surface area contributed by atoms with Crippen molar-refractivity contribution >= 4 is 71.1 Å². The maximum Gasteiger partial charge on any atom is 0.409 e. The van der Waals surface area contributed by atoms with Crippen LogP contribution in [-0.2, 0) is 57.5 Å². The van der Waals surface area contributed by atoms with Crippen LogP contribution in [0.4, 0.5) is 4.79 Å². The Morgan fingerprint density at radius 3 is 1.28 bits per heavy atom. The van der Waals surface area contributed by atoms with E-state index < -0.39 is 161 Å². The second-order valence-corrected chi connectivity index (χ2v) is 26.9. The van der Waals surface area contributed by atoms with Crippen LogP contribution in [0.25, 0.3) is 0 Å². The summed E-state index contributed by atoms with van der Waals surface area (Å²) in [5.74, 6) is -9.81. The lowest BCUT2D eigenvalue weighted by Gasteiger charge is -2.44. The summed E-state index contributed by atoms with van der Waals surface area (Å²) in [6.45, 7) is 29.7. The second-order valence-electron chi connectivity index (χ2n) is 26.9. The molecule has 0 radical (unpaired) electrons. The van der Waals surface area contributed by atoms with Gasteiger partial charge in [0.1, 0.15) is 72.6 Å². The molecule has 2 aliphatic rings. The number of amides is 12. The predicted molar refractivity (Wildman–Crippen MR) is 331 cm³/mol. The van der Waals surface area contributed by atoms with E-state index in [1.54, 1.807) is 41.5 Å². The number of ether oxygens (including phenoxy) is 1. The third-order valence-electron chi connectivity index (χ3n) is 16.9. The van der Waals surface area contributed by atoms with Gasteiger partial charge in [-0.15, -0.1) is 0 Å². The molecule has 0 bridgehead atoms. The number of hydrogen-bond acceptors (Lipinski definition) is 13. The van der Waals surface area contributed by atoms with Crippen LogP contribution in [-0.4, -0.2) is 246 Å². The highest BCUT2D eigenvalue weighted by atomic mass is 16.6. The Hall–Kier alpha value is -6.56. The maximum atomic E-state index is 15.3. The van der Waals surface area contributed by atoms with Crippen LogP contribution in [0.15, 0.2) is 0 Å². The summed E-state index contributed by atoms with van der Waals surface area (Å²) in [5, 5.41) is 11.0. The highest BCUT2D eigenvalue weighted by Gasteiger charge is 2.49. The van der Waals surface area contributed by atoms with Gasteiger partial charge in [-0.3, -0.25) is 52.7 Å². The molecule has 2 fully saturated rings. The van der Waals surface area contributed by atoms with Gasteiger partial charge in [0.25, 0.3) is 0 Å². The van der Waals surface area contributed by atoms with Crippen molar-refractivity contribution < 1.29 is 62.3 Å². The summed E-state index contributed by atoms with van der Waals surface area (Å²) in [7, 11) is 11.4. The number of rotatable bonds is 12. The number of cyclic esters (lactones) is 1. The van der Waals surface area contributed by atoms with Crippen molar-refractivity contribution in [3.8, 4) is 0 Å². The fraction of sp³-hybridized carbons (Fsp3) is 0.806. The van der Waals surface area contributed by atoms with Crippen molar-refractivity contribution in [3.05, 3.63) is 0 Å². The Bertz CT molecular complexity index is 2450. The van der Waals surface area contributed by atoms with E-state index in [-0.39, 0.29) is 62.3 Å². The molecular formula is C62H110N12O13. The van der Waals surface area contributed by atoms with Crippen LogP contribution in [0.1, 0.15) is 150 Å². The van der Waals surface area contributed by atoms with Gasteiger partial charge in [-0.2, -0.15) is 0 Å². The van der Waals surface area contributed by atoms with Gasteiger partial charge in [-0.25, -0.2) is 4.79 Å². The molecule has 2 rings (SSSR count). The third-order valence-corrected chi connectivity index (χ3v) is 16.9. The zero-order valence-corrected chi connectivity index (χ0v) is 57.1. The van der Waals surface area contributed by atoms with Crippen molar-refractivity contribution in [2.45, 2.75) is 222 Å². The third kappa shape index (κ3) is 19.7. The van der Waals surface area contributed by atoms with E-state index in [2.05, 4.69) is 21.3 Å². The summed E-state index contributed by atoms with van der Waals surface area (Å²) in [5.41, 5.74) is 0. The molecule has 0 saturated carbocycles. The first-order valence-corrected chi connectivity index (χ1v) is 31.1. The van der Waals surface area contributed by atoms with E-state index >= 15 is 19.2 Å². The average molecular weight is 1230 g/mol. The minimum Gasteiger partial charge on any atom is -0.443 e. The molecule has 13 atom stereocenters. The highest BCUT2D eigenvalue weighted by Crippen LogP contribution is 2.28. The number of nitrogens with zero attached hydrogens (tertiary/aromatic N) is 8. The number of carbonyl (C=O) groups is 12. The van der Waals surface area contributed by atoms with Crippen LogP contribution >= 0.6 is 0 Å². The Balaban J connectivity index is 3.01. The Kier molecular flexibility index (Phi) is 29.2. The van der Waals surface area contributed by atoms with E-state index in [1.807, 2.05) is 55.4 Å². The monoisotopic (exact) mass is 1230 g/mol. The Morgan fingerprint density at radius 1 is 0.414 bits per heavy atom. The molecule has 0 aromatic rings. The number of nitrogens with one attached hydrogen (secondary N) is 4. The van der Waals surface area contributed by atoms with Crippen molar-refractivity contribution in [3.63, 3.8) is 0 Å². The molecule has 87 heavy (non-hydrogen) atoms. The van der Waals surface area contributed by atoms with Crippen molar-refractivity contribution in [2.24, 2.45) is 41.4 Å². The molecule has 0 aromatic carbocycles. The fourth-order valence-electron chi connectivity index (χ4n) is 11.4. The summed E-state index contributed by atoms with van der Waals surface area (Å²) >= 11 is 0. The first-order chi connectivity index (χ1) is 40.1. The van der Waals surface area contributed by atoms with Crippen LogP contribution in [0.3, 0.4) is 0 Å². The van der Waals surface area contributed by atoms with Gasteiger partial charge in [0, 0.05) is 68.8 Å². The van der Waals surface area contributed by atoms with Gasteiger partial charge in [0.05, 0.1) is 0 Å². The van der Waals surface area contributed by atoms with Crippen molar-refractivity contribution in [1.82, 2.24) is 60.5 Å². The molecule has 0 aromatic heterocycles. The lowest BCUT2D eigenvalue weighted by Crippen LogP contribution is -2.65. The number of likely N-dealkylation sites (N-methyl/N-ethyl adjacent to an activating group) is 7. The standard InChI is InChI=1S/C62H110N12O13/c1-26-42-57(81)68(19)41(17)56(80)69(20)44(28-33(4)5)53(77)66-47(36(10)11)60(84)70(21)43(27-32(2)3)52(76)63-39(15)51(75)64-40(16)55(79)71(22)45(29-34(6)7)58(82)72(23)46(30-35(8)9)59(83)73(24)48(37(12)13)61(85)74(25)49(54(78)65-42)50-38(14)31-67(18)62(86)87-50/h32-50H,26-31H2,1-25H3,(H,63,76)(H,64,75)(H,65,78)(H,66,77)/t38-,39-,40+,41-,42-,43-,44+,45+,46-,47-,48-,49-,50-/m1/s1. The SMILES string of the molecule is CC[C@H]1NC(=O)[C@@H]([C@@H]2OC(=O)N(C)C[C@H]2C)N(C)C(=O)[C@@H](C(C)C)N(C)C(=O)[C@@H](CC(C)C)N(C)C(=O)[C@H](CC(C)C)N(C)C(=O)[C@H](C)NC(=O)[C@@H](C)NC(=O)[C@@H](CC(C)C)N(C)C(=O)[C@@H](C(C)C)NC(=O)[C@H](CC(C)C)N(C)C(=O)[C@@H](C)N(C)C1=O. The topological polar surface area (TPSA) is 288 Å².